The fourth-order valence-electron chi connectivity index (χ4n) is 2.46. The average molecular weight is 251 g/mol. The monoisotopic (exact) mass is 251 g/mol. The molecule has 0 amide bonds. The van der Waals surface area contributed by atoms with E-state index in [9.17, 15) is 9.18 Å². The molecule has 0 N–H and O–H groups in total. The Morgan fingerprint density at radius 2 is 2.11 bits per heavy atom. The molecule has 0 aliphatic carbocycles. The van der Waals surface area contributed by atoms with E-state index in [0.717, 1.165) is 25.1 Å². The van der Waals surface area contributed by atoms with Crippen LogP contribution in [0.25, 0.3) is 0 Å². The van der Waals surface area contributed by atoms with Gasteiger partial charge in [0.15, 0.2) is 0 Å². The van der Waals surface area contributed by atoms with Crippen LogP contribution in [-0.2, 0) is 9.53 Å². The maximum atomic E-state index is 12.9. The first-order valence-corrected chi connectivity index (χ1v) is 6.19. The van der Waals surface area contributed by atoms with Crippen molar-refractivity contribution >= 4 is 5.97 Å². The molecule has 0 bridgehead atoms. The van der Waals surface area contributed by atoms with E-state index in [1.807, 2.05) is 0 Å². The highest BCUT2D eigenvalue weighted by molar-refractivity contribution is 5.77. The first kappa shape index (κ1) is 13.0. The molecule has 0 radical (unpaired) electrons. The van der Waals surface area contributed by atoms with Gasteiger partial charge in [-0.2, -0.15) is 0 Å². The maximum Gasteiger partial charge on any atom is 0.327 e. The molecule has 1 fully saturated rings. The van der Waals surface area contributed by atoms with E-state index in [1.54, 1.807) is 12.1 Å². The fourth-order valence-corrected chi connectivity index (χ4v) is 2.46. The summed E-state index contributed by atoms with van der Waals surface area (Å²) in [4.78, 5) is 14.0. The number of ether oxygens (including phenoxy) is 1. The molecule has 18 heavy (non-hydrogen) atoms. The lowest BCUT2D eigenvalue weighted by atomic mass is 10.1. The quantitative estimate of drug-likeness (QED) is 0.772. The van der Waals surface area contributed by atoms with Crippen LogP contribution in [0.3, 0.4) is 0 Å². The molecule has 1 saturated heterocycles. The van der Waals surface area contributed by atoms with Gasteiger partial charge in [-0.05, 0) is 36.6 Å². The number of likely N-dealkylation sites (tertiary alicyclic amines) is 1. The zero-order chi connectivity index (χ0) is 13.1. The lowest BCUT2D eigenvalue weighted by Gasteiger charge is -2.25. The molecule has 98 valence electrons. The molecule has 1 aliphatic rings. The highest BCUT2D eigenvalue weighted by Crippen LogP contribution is 2.28. The Morgan fingerprint density at radius 1 is 1.44 bits per heavy atom. The summed E-state index contributed by atoms with van der Waals surface area (Å²) < 4.78 is 17.8. The molecule has 0 aromatic heterocycles. The third-order valence-corrected chi connectivity index (χ3v) is 3.43. The number of benzene rings is 1. The van der Waals surface area contributed by atoms with Gasteiger partial charge in [-0.1, -0.05) is 19.1 Å². The standard InChI is InChI=1S/C14H18FNO2/c1-10-7-8-16(9-10)13(14(17)18-2)11-3-5-12(15)6-4-11/h3-6,10,13H,7-9H2,1-2H3/t10-,13-/m0/s1. The van der Waals surface area contributed by atoms with Crippen LogP contribution in [0.5, 0.6) is 0 Å². The van der Waals surface area contributed by atoms with Gasteiger partial charge in [0.1, 0.15) is 11.9 Å². The number of halogens is 1. The second-order valence-electron chi connectivity index (χ2n) is 4.87. The van der Waals surface area contributed by atoms with Crippen molar-refractivity contribution in [3.05, 3.63) is 35.6 Å². The minimum Gasteiger partial charge on any atom is -0.468 e. The molecular weight excluding hydrogens is 233 g/mol. The number of hydrogen-bond acceptors (Lipinski definition) is 3. The largest absolute Gasteiger partial charge is 0.468 e. The van der Waals surface area contributed by atoms with Gasteiger partial charge in [-0.25, -0.2) is 9.18 Å². The lowest BCUT2D eigenvalue weighted by molar-refractivity contribution is -0.147. The zero-order valence-electron chi connectivity index (χ0n) is 10.7. The number of methoxy groups -OCH3 is 1. The molecule has 1 aromatic carbocycles. The molecule has 1 heterocycles. The van der Waals surface area contributed by atoms with E-state index in [1.165, 1.54) is 19.2 Å². The zero-order valence-corrected chi connectivity index (χ0v) is 10.7. The van der Waals surface area contributed by atoms with E-state index in [-0.39, 0.29) is 11.8 Å². The number of esters is 1. The summed E-state index contributed by atoms with van der Waals surface area (Å²) >= 11 is 0. The molecular formula is C14H18FNO2. The molecule has 0 saturated carbocycles. The number of carbonyl (C=O) groups is 1. The molecule has 3 nitrogen and oxygen atoms in total. The van der Waals surface area contributed by atoms with Crippen LogP contribution >= 0.6 is 0 Å². The van der Waals surface area contributed by atoms with Gasteiger partial charge in [0.2, 0.25) is 0 Å². The Kier molecular flexibility index (Phi) is 3.97. The van der Waals surface area contributed by atoms with E-state index >= 15 is 0 Å². The van der Waals surface area contributed by atoms with Gasteiger partial charge < -0.3 is 4.74 Å². The molecule has 2 rings (SSSR count). The van der Waals surface area contributed by atoms with Crippen molar-refractivity contribution in [2.45, 2.75) is 19.4 Å². The van der Waals surface area contributed by atoms with Crippen molar-refractivity contribution < 1.29 is 13.9 Å². The summed E-state index contributed by atoms with van der Waals surface area (Å²) in [5.74, 6) is 0.00506. The van der Waals surface area contributed by atoms with E-state index in [0.29, 0.717) is 5.92 Å². The van der Waals surface area contributed by atoms with Crippen molar-refractivity contribution in [3.63, 3.8) is 0 Å². The fraction of sp³-hybridized carbons (Fsp3) is 0.500. The van der Waals surface area contributed by atoms with Crippen LogP contribution < -0.4 is 0 Å². The third-order valence-electron chi connectivity index (χ3n) is 3.43. The van der Waals surface area contributed by atoms with Crippen molar-refractivity contribution in [3.8, 4) is 0 Å². The summed E-state index contributed by atoms with van der Waals surface area (Å²) in [5.41, 5.74) is 0.789. The molecule has 1 aromatic rings. The Hall–Kier alpha value is -1.42. The van der Waals surface area contributed by atoms with Gasteiger partial charge in [0.25, 0.3) is 0 Å². The van der Waals surface area contributed by atoms with Gasteiger partial charge in [0, 0.05) is 6.54 Å². The molecule has 0 spiro atoms. The maximum absolute atomic E-state index is 12.9. The van der Waals surface area contributed by atoms with Crippen molar-refractivity contribution in [1.82, 2.24) is 4.90 Å². The topological polar surface area (TPSA) is 29.5 Å². The van der Waals surface area contributed by atoms with E-state index < -0.39 is 6.04 Å². The Balaban J connectivity index is 2.25. The van der Waals surface area contributed by atoms with Crippen LogP contribution in [0, 0.1) is 11.7 Å². The summed E-state index contributed by atoms with van der Waals surface area (Å²) in [6.45, 7) is 3.91. The van der Waals surface area contributed by atoms with Gasteiger partial charge in [-0.15, -0.1) is 0 Å². The highest BCUT2D eigenvalue weighted by Gasteiger charge is 2.32. The smallest absolute Gasteiger partial charge is 0.327 e. The predicted octanol–water partition coefficient (Wildman–Crippen LogP) is 2.38. The predicted molar refractivity (Wildman–Crippen MR) is 66.5 cm³/mol. The Bertz CT molecular complexity index is 418. The summed E-state index contributed by atoms with van der Waals surface area (Å²) in [5, 5.41) is 0. The van der Waals surface area contributed by atoms with Crippen LogP contribution in [0.15, 0.2) is 24.3 Å². The highest BCUT2D eigenvalue weighted by atomic mass is 19.1. The van der Waals surface area contributed by atoms with E-state index in [4.69, 9.17) is 4.74 Å². The van der Waals surface area contributed by atoms with Crippen LogP contribution in [-0.4, -0.2) is 31.1 Å². The van der Waals surface area contributed by atoms with Crippen LogP contribution in [0.2, 0.25) is 0 Å². The Morgan fingerprint density at radius 3 is 2.61 bits per heavy atom. The molecule has 2 atom stereocenters. The van der Waals surface area contributed by atoms with Crippen molar-refractivity contribution in [2.75, 3.05) is 20.2 Å². The number of rotatable bonds is 3. The minimum atomic E-state index is -0.416. The van der Waals surface area contributed by atoms with Gasteiger partial charge in [0.05, 0.1) is 7.11 Å². The third kappa shape index (κ3) is 2.70. The van der Waals surface area contributed by atoms with Gasteiger partial charge in [-0.3, -0.25) is 4.90 Å². The number of nitrogens with zero attached hydrogens (tertiary/aromatic N) is 1. The van der Waals surface area contributed by atoms with Crippen molar-refractivity contribution in [2.24, 2.45) is 5.92 Å². The SMILES string of the molecule is COC(=O)[C@H](c1ccc(F)cc1)N1CC[C@H](C)C1. The van der Waals surface area contributed by atoms with Gasteiger partial charge >= 0.3 is 5.97 Å². The Labute approximate surface area is 107 Å². The lowest BCUT2D eigenvalue weighted by Crippen LogP contribution is -2.33. The first-order valence-electron chi connectivity index (χ1n) is 6.19. The van der Waals surface area contributed by atoms with Crippen LogP contribution in [0.4, 0.5) is 4.39 Å². The molecule has 4 heteroatoms. The number of hydrogen-bond donors (Lipinski definition) is 0. The second kappa shape index (κ2) is 5.48. The second-order valence-corrected chi connectivity index (χ2v) is 4.87. The average Bonchev–Trinajstić information content (AvgIpc) is 2.78. The summed E-state index contributed by atoms with van der Waals surface area (Å²) in [6.07, 6.45) is 1.08. The normalized spacial score (nSPS) is 21.8. The summed E-state index contributed by atoms with van der Waals surface area (Å²) in [7, 11) is 1.39. The van der Waals surface area contributed by atoms with Crippen LogP contribution in [0.1, 0.15) is 24.9 Å². The molecule has 1 aliphatic heterocycles. The minimum absolute atomic E-state index is 0.282. The summed E-state index contributed by atoms with van der Waals surface area (Å²) in [6, 6.07) is 5.65. The van der Waals surface area contributed by atoms with Crippen molar-refractivity contribution in [1.29, 1.82) is 0 Å². The number of carbonyl (C=O) groups excluding carboxylic acids is 1. The first-order chi connectivity index (χ1) is 8.61. The molecule has 0 unspecified atom stereocenters. The van der Waals surface area contributed by atoms with E-state index in [2.05, 4.69) is 11.8 Å².